The first-order chi connectivity index (χ1) is 6.97. The molecule has 1 aromatic heterocycles. The van der Waals surface area contributed by atoms with Gasteiger partial charge in [-0.15, -0.1) is 0 Å². The van der Waals surface area contributed by atoms with Crippen LogP contribution in [0, 0.1) is 0 Å². The lowest BCUT2D eigenvalue weighted by molar-refractivity contribution is 0.0593. The summed E-state index contributed by atoms with van der Waals surface area (Å²) in [6.45, 7) is 0. The van der Waals surface area contributed by atoms with E-state index in [1.807, 2.05) is 0 Å². The minimum atomic E-state index is -2.71. The van der Waals surface area contributed by atoms with Crippen LogP contribution >= 0.6 is 27.5 Å². The van der Waals surface area contributed by atoms with E-state index in [1.165, 1.54) is 0 Å². The zero-order valence-electron chi connectivity index (χ0n) is 7.43. The highest BCUT2D eigenvalue weighted by Gasteiger charge is 2.20. The number of pyridine rings is 1. The van der Waals surface area contributed by atoms with Gasteiger partial charge in [0.1, 0.15) is 4.60 Å². The average molecular weight is 300 g/mol. The molecule has 0 N–H and O–H groups in total. The fourth-order valence-corrected chi connectivity index (χ4v) is 1.58. The van der Waals surface area contributed by atoms with Crippen molar-refractivity contribution >= 4 is 33.5 Å². The molecule has 82 valence electrons. The van der Waals surface area contributed by atoms with E-state index in [9.17, 15) is 13.6 Å². The summed E-state index contributed by atoms with van der Waals surface area (Å²) in [5.74, 6) is -0.776. The number of aromatic nitrogens is 1. The van der Waals surface area contributed by atoms with Gasteiger partial charge in [-0.3, -0.25) is 0 Å². The van der Waals surface area contributed by atoms with Gasteiger partial charge in [-0.2, -0.15) is 0 Å². The Morgan fingerprint density at radius 3 is 2.73 bits per heavy atom. The second kappa shape index (κ2) is 4.85. The third-order valence-corrected chi connectivity index (χ3v) is 2.49. The van der Waals surface area contributed by atoms with Gasteiger partial charge in [-0.25, -0.2) is 18.6 Å². The summed E-state index contributed by atoms with van der Waals surface area (Å²) >= 11 is 8.42. The summed E-state index contributed by atoms with van der Waals surface area (Å²) in [7, 11) is 1.15. The lowest BCUT2D eigenvalue weighted by Crippen LogP contribution is -2.07. The SMILES string of the molecule is COC(=O)c1nc(Br)c(C(F)F)cc1Cl. The Balaban J connectivity index is 3.25. The number of alkyl halides is 2. The van der Waals surface area contributed by atoms with Gasteiger partial charge in [0.2, 0.25) is 0 Å². The molecule has 1 heterocycles. The summed E-state index contributed by atoms with van der Waals surface area (Å²) in [5.41, 5.74) is -0.567. The Morgan fingerprint density at radius 2 is 2.27 bits per heavy atom. The zero-order valence-corrected chi connectivity index (χ0v) is 9.77. The van der Waals surface area contributed by atoms with Crippen molar-refractivity contribution in [1.82, 2.24) is 4.98 Å². The van der Waals surface area contributed by atoms with Crippen LogP contribution in [0.2, 0.25) is 5.02 Å². The molecule has 0 aliphatic heterocycles. The second-order valence-electron chi connectivity index (χ2n) is 2.49. The number of halogens is 4. The summed E-state index contributed by atoms with van der Waals surface area (Å²) in [6, 6.07) is 0.982. The molecule has 0 saturated heterocycles. The van der Waals surface area contributed by atoms with Crippen LogP contribution in [0.1, 0.15) is 22.5 Å². The molecule has 0 fully saturated rings. The maximum atomic E-state index is 12.4. The highest BCUT2D eigenvalue weighted by molar-refractivity contribution is 9.10. The average Bonchev–Trinajstić information content (AvgIpc) is 2.19. The normalized spacial score (nSPS) is 10.5. The maximum Gasteiger partial charge on any atom is 0.358 e. The molecule has 0 aliphatic carbocycles. The molecule has 0 spiro atoms. The number of carbonyl (C=O) groups excluding carboxylic acids is 1. The van der Waals surface area contributed by atoms with Gasteiger partial charge in [0, 0.05) is 0 Å². The number of hydrogen-bond acceptors (Lipinski definition) is 3. The third-order valence-electron chi connectivity index (χ3n) is 1.57. The summed E-state index contributed by atoms with van der Waals surface area (Å²) in [4.78, 5) is 14.7. The topological polar surface area (TPSA) is 39.2 Å². The van der Waals surface area contributed by atoms with Crippen molar-refractivity contribution < 1.29 is 18.3 Å². The van der Waals surface area contributed by atoms with Crippen molar-refractivity contribution in [3.63, 3.8) is 0 Å². The minimum Gasteiger partial charge on any atom is -0.464 e. The molecule has 0 atom stereocenters. The molecule has 0 unspecified atom stereocenters. The lowest BCUT2D eigenvalue weighted by Gasteiger charge is -2.06. The lowest BCUT2D eigenvalue weighted by atomic mass is 10.2. The van der Waals surface area contributed by atoms with E-state index in [0.717, 1.165) is 13.2 Å². The molecular weight excluding hydrogens is 295 g/mol. The Morgan fingerprint density at radius 1 is 1.67 bits per heavy atom. The Kier molecular flexibility index (Phi) is 3.98. The Labute approximate surface area is 97.5 Å². The molecular formula is C8H5BrClF2NO2. The van der Waals surface area contributed by atoms with Crippen molar-refractivity contribution in [2.45, 2.75) is 6.43 Å². The van der Waals surface area contributed by atoms with Crippen LogP contribution in [-0.2, 0) is 4.74 Å². The number of ether oxygens (including phenoxy) is 1. The van der Waals surface area contributed by atoms with E-state index in [2.05, 4.69) is 25.7 Å². The summed E-state index contributed by atoms with van der Waals surface area (Å²) in [5, 5.41) is -0.166. The summed E-state index contributed by atoms with van der Waals surface area (Å²) < 4.78 is 29.0. The number of carbonyl (C=O) groups is 1. The monoisotopic (exact) mass is 299 g/mol. The fraction of sp³-hybridized carbons (Fsp3) is 0.250. The standard InChI is InChI=1S/C8H5BrClF2NO2/c1-15-8(14)5-4(10)2-3(7(11)12)6(9)13-5/h2,7H,1H3. The van der Waals surface area contributed by atoms with Crippen molar-refractivity contribution in [2.24, 2.45) is 0 Å². The molecule has 1 rings (SSSR count). The van der Waals surface area contributed by atoms with Crippen LogP contribution in [-0.4, -0.2) is 18.1 Å². The van der Waals surface area contributed by atoms with Crippen molar-refractivity contribution in [3.05, 3.63) is 26.9 Å². The number of rotatable bonds is 2. The smallest absolute Gasteiger partial charge is 0.358 e. The molecule has 0 aromatic carbocycles. The first kappa shape index (κ1) is 12.3. The number of esters is 1. The Bertz CT molecular complexity index is 400. The van der Waals surface area contributed by atoms with Gasteiger partial charge in [-0.05, 0) is 22.0 Å². The quantitative estimate of drug-likeness (QED) is 0.622. The van der Waals surface area contributed by atoms with Gasteiger partial charge < -0.3 is 4.74 Å². The fourth-order valence-electron chi connectivity index (χ4n) is 0.873. The van der Waals surface area contributed by atoms with E-state index in [1.54, 1.807) is 0 Å². The van der Waals surface area contributed by atoms with E-state index >= 15 is 0 Å². The van der Waals surface area contributed by atoms with Crippen molar-refractivity contribution in [3.8, 4) is 0 Å². The number of methoxy groups -OCH3 is 1. The van der Waals surface area contributed by atoms with Gasteiger partial charge in [-0.1, -0.05) is 11.6 Å². The molecule has 0 radical (unpaired) electrons. The van der Waals surface area contributed by atoms with Gasteiger partial charge >= 0.3 is 5.97 Å². The van der Waals surface area contributed by atoms with Crippen LogP contribution in [0.15, 0.2) is 10.7 Å². The highest BCUT2D eigenvalue weighted by atomic mass is 79.9. The van der Waals surface area contributed by atoms with Crippen LogP contribution in [0.4, 0.5) is 8.78 Å². The van der Waals surface area contributed by atoms with Gasteiger partial charge in [0.25, 0.3) is 6.43 Å². The minimum absolute atomic E-state index is 0.123. The van der Waals surface area contributed by atoms with Gasteiger partial charge in [0.05, 0.1) is 17.7 Å². The van der Waals surface area contributed by atoms with Crippen LogP contribution in [0.3, 0.4) is 0 Å². The zero-order chi connectivity index (χ0) is 11.6. The van der Waals surface area contributed by atoms with Crippen LogP contribution in [0.5, 0.6) is 0 Å². The Hall–Kier alpha value is -0.750. The molecule has 0 amide bonds. The van der Waals surface area contributed by atoms with E-state index < -0.39 is 12.4 Å². The van der Waals surface area contributed by atoms with E-state index in [0.29, 0.717) is 0 Å². The highest BCUT2D eigenvalue weighted by Crippen LogP contribution is 2.30. The van der Waals surface area contributed by atoms with Crippen LogP contribution < -0.4 is 0 Å². The third kappa shape index (κ3) is 2.63. The molecule has 0 aliphatic rings. The number of nitrogens with zero attached hydrogens (tertiary/aromatic N) is 1. The van der Waals surface area contributed by atoms with Crippen molar-refractivity contribution in [2.75, 3.05) is 7.11 Å². The summed E-state index contributed by atoms with van der Waals surface area (Å²) in [6.07, 6.45) is -2.71. The predicted molar refractivity (Wildman–Crippen MR) is 53.2 cm³/mol. The van der Waals surface area contributed by atoms with Crippen molar-refractivity contribution in [1.29, 1.82) is 0 Å². The van der Waals surface area contributed by atoms with E-state index in [4.69, 9.17) is 11.6 Å². The molecule has 15 heavy (non-hydrogen) atoms. The predicted octanol–water partition coefficient (Wildman–Crippen LogP) is 3.22. The first-order valence-corrected chi connectivity index (χ1v) is 4.87. The van der Waals surface area contributed by atoms with E-state index in [-0.39, 0.29) is 20.9 Å². The molecule has 7 heteroatoms. The van der Waals surface area contributed by atoms with Crippen LogP contribution in [0.25, 0.3) is 0 Å². The molecule has 0 saturated carbocycles. The molecule has 0 bridgehead atoms. The molecule has 1 aromatic rings. The second-order valence-corrected chi connectivity index (χ2v) is 3.65. The first-order valence-electron chi connectivity index (χ1n) is 3.69. The molecule has 3 nitrogen and oxygen atoms in total. The maximum absolute atomic E-state index is 12.4. The number of hydrogen-bond donors (Lipinski definition) is 0. The largest absolute Gasteiger partial charge is 0.464 e. The van der Waals surface area contributed by atoms with Gasteiger partial charge in [0.15, 0.2) is 5.69 Å².